The van der Waals surface area contributed by atoms with E-state index in [4.69, 9.17) is 0 Å². The number of carbonyl (C=O) groups is 2. The Morgan fingerprint density at radius 1 is 0.875 bits per heavy atom. The van der Waals surface area contributed by atoms with Crippen molar-refractivity contribution >= 4 is 41.8 Å². The molecule has 0 atom stereocenters. The molecule has 0 unspecified atom stereocenters. The van der Waals surface area contributed by atoms with Gasteiger partial charge in [-0.25, -0.2) is 13.5 Å². The monoisotopic (exact) mass is 452 g/mol. The third kappa shape index (κ3) is 6.24. The van der Waals surface area contributed by atoms with Crippen molar-refractivity contribution in [2.24, 2.45) is 0 Å². The number of nitrogens with one attached hydrogen (secondary N) is 2. The predicted molar refractivity (Wildman–Crippen MR) is 130 cm³/mol. The van der Waals surface area contributed by atoms with E-state index in [9.17, 15) is 14.0 Å². The minimum Gasteiger partial charge on any atom is -0.378 e. The number of rotatable bonds is 7. The fourth-order valence-electron chi connectivity index (χ4n) is 2.96. The van der Waals surface area contributed by atoms with Gasteiger partial charge in [0, 0.05) is 37.6 Å². The van der Waals surface area contributed by atoms with E-state index in [2.05, 4.69) is 23.4 Å². The highest BCUT2D eigenvalue weighted by molar-refractivity contribution is 7.82. The molecule has 2 N–H and O–H groups in total. The number of nitrogens with zero attached hydrogens (tertiary/aromatic N) is 2. The van der Waals surface area contributed by atoms with Gasteiger partial charge in [0.25, 0.3) is 5.91 Å². The van der Waals surface area contributed by atoms with Crippen molar-refractivity contribution in [2.75, 3.05) is 35.2 Å². The minimum atomic E-state index is -0.381. The van der Waals surface area contributed by atoms with Crippen molar-refractivity contribution in [3.05, 3.63) is 89.7 Å². The van der Waals surface area contributed by atoms with E-state index in [0.717, 1.165) is 11.3 Å². The average Bonchev–Trinajstić information content (AvgIpc) is 2.80. The summed E-state index contributed by atoms with van der Waals surface area (Å²) in [6.07, 6.45) is 0.578. The molecule has 0 bridgehead atoms. The number of thiol groups is 1. The summed E-state index contributed by atoms with van der Waals surface area (Å²) in [6.45, 7) is 0.391. The van der Waals surface area contributed by atoms with Crippen LogP contribution in [-0.2, 0) is 6.42 Å². The van der Waals surface area contributed by atoms with Gasteiger partial charge in [-0.2, -0.15) is 0 Å². The summed E-state index contributed by atoms with van der Waals surface area (Å²) in [5.74, 6) is -0.509. The lowest BCUT2D eigenvalue weighted by molar-refractivity contribution is 0.102. The van der Waals surface area contributed by atoms with Crippen LogP contribution in [0.15, 0.2) is 72.8 Å². The molecule has 8 heteroatoms. The molecule has 0 aliphatic rings. The van der Waals surface area contributed by atoms with E-state index in [1.807, 2.05) is 31.1 Å². The molecule has 166 valence electrons. The van der Waals surface area contributed by atoms with Gasteiger partial charge in [-0.1, -0.05) is 24.9 Å². The molecule has 32 heavy (non-hydrogen) atoms. The van der Waals surface area contributed by atoms with E-state index in [-0.39, 0.29) is 17.8 Å². The van der Waals surface area contributed by atoms with Gasteiger partial charge in [0.15, 0.2) is 0 Å². The Labute approximate surface area is 192 Å². The number of halogens is 1. The first-order valence-corrected chi connectivity index (χ1v) is 10.4. The predicted octanol–water partition coefficient (Wildman–Crippen LogP) is 4.75. The fraction of sp³-hybridized carbons (Fsp3) is 0.167. The molecule has 3 aromatic carbocycles. The topological polar surface area (TPSA) is 64.7 Å². The molecule has 0 saturated heterocycles. The molecule has 0 aliphatic heterocycles. The van der Waals surface area contributed by atoms with Gasteiger partial charge in [0.05, 0.1) is 5.69 Å². The summed E-state index contributed by atoms with van der Waals surface area (Å²) >= 11 is 4.26. The first-order valence-electron chi connectivity index (χ1n) is 10.0. The smallest absolute Gasteiger partial charge is 0.331 e. The zero-order valence-corrected chi connectivity index (χ0v) is 18.8. The van der Waals surface area contributed by atoms with Crippen LogP contribution in [0.4, 0.5) is 26.2 Å². The highest BCUT2D eigenvalue weighted by Gasteiger charge is 2.12. The lowest BCUT2D eigenvalue weighted by atomic mass is 10.1. The Bertz CT molecular complexity index is 1050. The number of urea groups is 1. The second kappa shape index (κ2) is 10.7. The molecule has 3 aromatic rings. The first-order chi connectivity index (χ1) is 15.3. The Balaban J connectivity index is 1.51. The van der Waals surface area contributed by atoms with Crippen molar-refractivity contribution in [3.63, 3.8) is 0 Å². The first kappa shape index (κ1) is 23.1. The molecular formula is C24H25FN4O2S. The number of carbonyl (C=O) groups excluding carboxylic acids is 2. The van der Waals surface area contributed by atoms with Crippen molar-refractivity contribution in [1.82, 2.24) is 5.32 Å². The van der Waals surface area contributed by atoms with Crippen LogP contribution in [-0.4, -0.2) is 32.6 Å². The van der Waals surface area contributed by atoms with E-state index in [1.165, 1.54) is 16.4 Å². The van der Waals surface area contributed by atoms with Crippen LogP contribution < -0.4 is 19.8 Å². The maximum Gasteiger partial charge on any atom is 0.331 e. The van der Waals surface area contributed by atoms with Crippen LogP contribution in [0.25, 0.3) is 0 Å². The van der Waals surface area contributed by atoms with Crippen LogP contribution in [0.1, 0.15) is 15.9 Å². The van der Waals surface area contributed by atoms with E-state index < -0.39 is 0 Å². The Kier molecular flexibility index (Phi) is 7.72. The maximum atomic E-state index is 12.9. The van der Waals surface area contributed by atoms with Gasteiger partial charge >= 0.3 is 6.03 Å². The minimum absolute atomic E-state index is 0.218. The van der Waals surface area contributed by atoms with E-state index >= 15 is 0 Å². The van der Waals surface area contributed by atoms with Gasteiger partial charge in [-0.15, -0.1) is 0 Å². The molecule has 3 amide bonds. The Morgan fingerprint density at radius 3 is 2.06 bits per heavy atom. The van der Waals surface area contributed by atoms with Crippen LogP contribution in [0.3, 0.4) is 0 Å². The lowest BCUT2D eigenvalue weighted by Crippen LogP contribution is -2.35. The zero-order chi connectivity index (χ0) is 23.1. The van der Waals surface area contributed by atoms with E-state index in [0.29, 0.717) is 29.9 Å². The third-order valence-corrected chi connectivity index (χ3v) is 5.22. The second-order valence-electron chi connectivity index (χ2n) is 7.36. The van der Waals surface area contributed by atoms with Gasteiger partial charge in [-0.3, -0.25) is 4.79 Å². The normalized spacial score (nSPS) is 10.4. The van der Waals surface area contributed by atoms with Gasteiger partial charge in [0.1, 0.15) is 5.82 Å². The summed E-state index contributed by atoms with van der Waals surface area (Å²) in [5, 5.41) is 5.60. The van der Waals surface area contributed by atoms with Crippen LogP contribution in [0.5, 0.6) is 0 Å². The average molecular weight is 453 g/mol. The molecule has 0 radical (unpaired) electrons. The number of anilines is 3. The third-order valence-electron chi connectivity index (χ3n) is 4.81. The Hall–Kier alpha value is -3.52. The van der Waals surface area contributed by atoms with Crippen LogP contribution >= 0.6 is 12.8 Å². The van der Waals surface area contributed by atoms with Crippen molar-refractivity contribution in [2.45, 2.75) is 6.42 Å². The number of hydrogen-bond donors (Lipinski definition) is 3. The molecule has 0 saturated carbocycles. The summed E-state index contributed by atoms with van der Waals surface area (Å²) < 4.78 is 14.1. The highest BCUT2D eigenvalue weighted by atomic mass is 32.1. The number of hydrogen-bond acceptors (Lipinski definition) is 4. The standard InChI is InChI=1S/C24H25FN4O2S/c1-28(2)21-11-5-18(6-12-21)23(30)27-20-9-13-22(14-10-20)29(32)24(31)26-16-15-17-3-7-19(25)8-4-17/h3-14,32H,15-16H2,1-2H3,(H,26,31)(H,27,30). The summed E-state index contributed by atoms with van der Waals surface area (Å²) in [5.41, 5.74) is 3.65. The molecule has 0 heterocycles. The van der Waals surface area contributed by atoms with Crippen molar-refractivity contribution in [3.8, 4) is 0 Å². The highest BCUT2D eigenvalue weighted by Crippen LogP contribution is 2.20. The SMILES string of the molecule is CN(C)c1ccc(C(=O)Nc2ccc(N(S)C(=O)NCCc3ccc(F)cc3)cc2)cc1. The fourth-order valence-corrected chi connectivity index (χ4v) is 3.16. The van der Waals surface area contributed by atoms with Crippen molar-refractivity contribution < 1.29 is 14.0 Å². The summed E-state index contributed by atoms with van der Waals surface area (Å²) in [7, 11) is 3.88. The lowest BCUT2D eigenvalue weighted by Gasteiger charge is -2.17. The molecule has 0 aromatic heterocycles. The Morgan fingerprint density at radius 2 is 1.47 bits per heavy atom. The molecule has 0 aliphatic carbocycles. The molecular weight excluding hydrogens is 427 g/mol. The zero-order valence-electron chi connectivity index (χ0n) is 17.9. The summed E-state index contributed by atoms with van der Waals surface area (Å²) in [4.78, 5) is 26.7. The molecule has 0 spiro atoms. The second-order valence-corrected chi connectivity index (χ2v) is 7.76. The van der Waals surface area contributed by atoms with Gasteiger partial charge < -0.3 is 15.5 Å². The summed E-state index contributed by atoms with van der Waals surface area (Å²) in [6, 6.07) is 19.9. The molecule has 0 fully saturated rings. The molecule has 6 nitrogen and oxygen atoms in total. The van der Waals surface area contributed by atoms with Gasteiger partial charge in [-0.05, 0) is 72.6 Å². The quantitative estimate of drug-likeness (QED) is 0.454. The van der Waals surface area contributed by atoms with Gasteiger partial charge in [0.2, 0.25) is 0 Å². The van der Waals surface area contributed by atoms with Crippen LogP contribution in [0, 0.1) is 5.82 Å². The number of amides is 3. The maximum absolute atomic E-state index is 12.9. The van der Waals surface area contributed by atoms with E-state index in [1.54, 1.807) is 48.5 Å². The number of benzene rings is 3. The largest absolute Gasteiger partial charge is 0.378 e. The van der Waals surface area contributed by atoms with Crippen molar-refractivity contribution in [1.29, 1.82) is 0 Å². The molecule has 3 rings (SSSR count). The van der Waals surface area contributed by atoms with Crippen LogP contribution in [0.2, 0.25) is 0 Å².